The van der Waals surface area contributed by atoms with Gasteiger partial charge >= 0.3 is 0 Å². The summed E-state index contributed by atoms with van der Waals surface area (Å²) in [5, 5.41) is 2.52. The monoisotopic (exact) mass is 236 g/mol. The van der Waals surface area contributed by atoms with Crippen LogP contribution in [-0.4, -0.2) is 33.9 Å². The highest BCUT2D eigenvalue weighted by molar-refractivity contribution is 5.86. The lowest BCUT2D eigenvalue weighted by molar-refractivity contribution is -0.114. The zero-order valence-corrected chi connectivity index (χ0v) is 9.81. The molecule has 1 amide bonds. The van der Waals surface area contributed by atoms with Crippen molar-refractivity contribution in [2.24, 2.45) is 0 Å². The second-order valence-electron chi connectivity index (χ2n) is 4.05. The molecule has 0 bridgehead atoms. The number of nitrogens with zero attached hydrogens (tertiary/aromatic N) is 4. The fourth-order valence-corrected chi connectivity index (χ4v) is 1.83. The smallest absolute Gasteiger partial charge is 0.236 e. The zero-order valence-electron chi connectivity index (χ0n) is 9.81. The Kier molecular flexibility index (Phi) is 3.36. The van der Waals surface area contributed by atoms with E-state index in [0.717, 1.165) is 25.9 Å². The minimum atomic E-state index is -0.222. The molecule has 1 aromatic heterocycles. The molecule has 7 heteroatoms. The van der Waals surface area contributed by atoms with Gasteiger partial charge in [-0.25, -0.2) is 0 Å². The van der Waals surface area contributed by atoms with Crippen LogP contribution in [0.2, 0.25) is 0 Å². The number of nitrogens with one attached hydrogen (secondary N) is 1. The molecule has 1 aliphatic heterocycles. The third-order valence-corrected chi connectivity index (χ3v) is 2.57. The van der Waals surface area contributed by atoms with E-state index in [1.54, 1.807) is 0 Å². The van der Waals surface area contributed by atoms with Gasteiger partial charge in [0.25, 0.3) is 0 Å². The first kappa shape index (κ1) is 11.6. The molecule has 0 aliphatic carbocycles. The summed E-state index contributed by atoms with van der Waals surface area (Å²) in [5.41, 5.74) is 5.60. The van der Waals surface area contributed by atoms with Crippen molar-refractivity contribution in [3.63, 3.8) is 0 Å². The fourth-order valence-electron chi connectivity index (χ4n) is 1.83. The molecule has 0 unspecified atom stereocenters. The second kappa shape index (κ2) is 4.94. The Morgan fingerprint density at radius 1 is 1.24 bits per heavy atom. The van der Waals surface area contributed by atoms with Crippen molar-refractivity contribution in [3.05, 3.63) is 0 Å². The van der Waals surface area contributed by atoms with E-state index < -0.39 is 0 Å². The third-order valence-electron chi connectivity index (χ3n) is 2.57. The van der Waals surface area contributed by atoms with Gasteiger partial charge in [-0.15, -0.1) is 0 Å². The highest BCUT2D eigenvalue weighted by Crippen LogP contribution is 2.17. The molecule has 92 valence electrons. The van der Waals surface area contributed by atoms with E-state index in [1.165, 1.54) is 13.3 Å². The predicted octanol–water partition coefficient (Wildman–Crippen LogP) is 0.402. The van der Waals surface area contributed by atoms with Crippen molar-refractivity contribution in [2.45, 2.75) is 26.2 Å². The van der Waals surface area contributed by atoms with Gasteiger partial charge in [-0.2, -0.15) is 15.0 Å². The summed E-state index contributed by atoms with van der Waals surface area (Å²) in [6.07, 6.45) is 3.48. The Morgan fingerprint density at radius 3 is 2.59 bits per heavy atom. The van der Waals surface area contributed by atoms with Gasteiger partial charge in [0.1, 0.15) is 0 Å². The number of hydrogen-bond donors (Lipinski definition) is 2. The van der Waals surface area contributed by atoms with Gasteiger partial charge < -0.3 is 10.6 Å². The number of piperidine rings is 1. The molecule has 7 nitrogen and oxygen atoms in total. The molecule has 1 saturated heterocycles. The van der Waals surface area contributed by atoms with Crippen LogP contribution in [0.4, 0.5) is 17.8 Å². The lowest BCUT2D eigenvalue weighted by Gasteiger charge is -2.26. The van der Waals surface area contributed by atoms with Crippen LogP contribution < -0.4 is 16.0 Å². The van der Waals surface area contributed by atoms with Gasteiger partial charge in [0.15, 0.2) is 0 Å². The van der Waals surface area contributed by atoms with Crippen LogP contribution in [0, 0.1) is 0 Å². The van der Waals surface area contributed by atoms with E-state index in [9.17, 15) is 4.79 Å². The minimum absolute atomic E-state index is 0.129. The van der Waals surface area contributed by atoms with Crippen LogP contribution in [0.25, 0.3) is 0 Å². The van der Waals surface area contributed by atoms with E-state index in [0.29, 0.717) is 5.95 Å². The van der Waals surface area contributed by atoms with Gasteiger partial charge in [0.05, 0.1) is 0 Å². The summed E-state index contributed by atoms with van der Waals surface area (Å²) in [4.78, 5) is 25.2. The Morgan fingerprint density at radius 2 is 1.94 bits per heavy atom. The number of rotatable bonds is 2. The highest BCUT2D eigenvalue weighted by Gasteiger charge is 2.15. The molecule has 0 radical (unpaired) electrons. The summed E-state index contributed by atoms with van der Waals surface area (Å²) >= 11 is 0. The molecule has 1 fully saturated rings. The van der Waals surface area contributed by atoms with Crippen molar-refractivity contribution in [2.75, 3.05) is 29.0 Å². The molecule has 0 atom stereocenters. The SMILES string of the molecule is CC(=O)Nc1nc(N)nc(N2CCCCC2)n1. The predicted molar refractivity (Wildman–Crippen MR) is 64.6 cm³/mol. The van der Waals surface area contributed by atoms with Crippen LogP contribution >= 0.6 is 0 Å². The van der Waals surface area contributed by atoms with E-state index in [1.807, 2.05) is 0 Å². The third kappa shape index (κ3) is 3.02. The summed E-state index contributed by atoms with van der Waals surface area (Å²) in [6.45, 7) is 3.24. The number of anilines is 3. The van der Waals surface area contributed by atoms with Crippen LogP contribution in [0.1, 0.15) is 26.2 Å². The largest absolute Gasteiger partial charge is 0.368 e. The number of carbonyl (C=O) groups excluding carboxylic acids is 1. The summed E-state index contributed by atoms with van der Waals surface area (Å²) < 4.78 is 0. The van der Waals surface area contributed by atoms with Gasteiger partial charge in [0, 0.05) is 20.0 Å². The normalized spacial score (nSPS) is 15.7. The number of nitrogen functional groups attached to an aromatic ring is 1. The van der Waals surface area contributed by atoms with Crippen molar-refractivity contribution in [3.8, 4) is 0 Å². The first-order chi connectivity index (χ1) is 8.15. The first-order valence-corrected chi connectivity index (χ1v) is 5.69. The Labute approximate surface area is 99.5 Å². The molecule has 0 aromatic carbocycles. The Bertz CT molecular complexity index is 415. The fraction of sp³-hybridized carbons (Fsp3) is 0.600. The average Bonchev–Trinajstić information content (AvgIpc) is 2.28. The van der Waals surface area contributed by atoms with E-state index in [-0.39, 0.29) is 17.8 Å². The van der Waals surface area contributed by atoms with Crippen LogP contribution in [0.5, 0.6) is 0 Å². The maximum atomic E-state index is 10.9. The number of amides is 1. The first-order valence-electron chi connectivity index (χ1n) is 5.69. The van der Waals surface area contributed by atoms with Crippen LogP contribution in [-0.2, 0) is 4.79 Å². The second-order valence-corrected chi connectivity index (χ2v) is 4.05. The Balaban J connectivity index is 2.20. The van der Waals surface area contributed by atoms with Gasteiger partial charge in [-0.3, -0.25) is 10.1 Å². The van der Waals surface area contributed by atoms with Crippen LogP contribution in [0.15, 0.2) is 0 Å². The summed E-state index contributed by atoms with van der Waals surface area (Å²) in [5.74, 6) is 0.663. The zero-order chi connectivity index (χ0) is 12.3. The quantitative estimate of drug-likeness (QED) is 0.771. The molecule has 1 aromatic rings. The molecule has 0 saturated carbocycles. The molecule has 17 heavy (non-hydrogen) atoms. The minimum Gasteiger partial charge on any atom is -0.368 e. The van der Waals surface area contributed by atoms with E-state index in [4.69, 9.17) is 5.73 Å². The lowest BCUT2D eigenvalue weighted by Crippen LogP contribution is -2.31. The Hall–Kier alpha value is -1.92. The number of nitrogens with two attached hydrogens (primary N) is 1. The van der Waals surface area contributed by atoms with Crippen molar-refractivity contribution >= 4 is 23.8 Å². The van der Waals surface area contributed by atoms with Gasteiger partial charge in [0.2, 0.25) is 23.8 Å². The van der Waals surface area contributed by atoms with Crippen molar-refractivity contribution in [1.29, 1.82) is 0 Å². The lowest BCUT2D eigenvalue weighted by atomic mass is 10.1. The standard InChI is InChI=1S/C10H16N6O/c1-7(17)12-9-13-8(11)14-10(15-9)16-5-3-2-4-6-16/h2-6H2,1H3,(H3,11,12,13,14,15,17). The average molecular weight is 236 g/mol. The maximum Gasteiger partial charge on any atom is 0.236 e. The summed E-state index contributed by atoms with van der Waals surface area (Å²) in [6, 6.07) is 0. The summed E-state index contributed by atoms with van der Waals surface area (Å²) in [7, 11) is 0. The van der Waals surface area contributed by atoms with E-state index >= 15 is 0 Å². The van der Waals surface area contributed by atoms with Crippen molar-refractivity contribution in [1.82, 2.24) is 15.0 Å². The molecule has 3 N–H and O–H groups in total. The topological polar surface area (TPSA) is 97.0 Å². The molecular weight excluding hydrogens is 220 g/mol. The van der Waals surface area contributed by atoms with Crippen molar-refractivity contribution < 1.29 is 4.79 Å². The molecule has 2 rings (SSSR count). The van der Waals surface area contributed by atoms with E-state index in [2.05, 4.69) is 25.2 Å². The molecule has 1 aliphatic rings. The molecule has 2 heterocycles. The van der Waals surface area contributed by atoms with Gasteiger partial charge in [-0.1, -0.05) is 0 Å². The maximum absolute atomic E-state index is 10.9. The number of carbonyl (C=O) groups is 1. The number of aromatic nitrogens is 3. The highest BCUT2D eigenvalue weighted by atomic mass is 16.1. The molecular formula is C10H16N6O. The number of hydrogen-bond acceptors (Lipinski definition) is 6. The van der Waals surface area contributed by atoms with Crippen LogP contribution in [0.3, 0.4) is 0 Å². The molecule has 0 spiro atoms. The van der Waals surface area contributed by atoms with Gasteiger partial charge in [-0.05, 0) is 19.3 Å².